The van der Waals surface area contributed by atoms with E-state index in [4.69, 9.17) is 5.11 Å². The first-order valence-electron chi connectivity index (χ1n) is 4.00. The molecule has 1 fully saturated rings. The minimum Gasteiger partial charge on any atom is -0.395 e. The Morgan fingerprint density at radius 1 is 1.58 bits per heavy atom. The highest BCUT2D eigenvalue weighted by molar-refractivity contribution is 9.11. The molecule has 2 heteroatoms. The Morgan fingerprint density at radius 2 is 2.25 bits per heavy atom. The van der Waals surface area contributed by atoms with Crippen LogP contribution in [0.15, 0.2) is 35.4 Å². The highest BCUT2D eigenvalue weighted by Gasteiger charge is 2.43. The van der Waals surface area contributed by atoms with Gasteiger partial charge in [-0.15, -0.1) is 0 Å². The first-order valence-corrected chi connectivity index (χ1v) is 4.91. The molecule has 1 N–H and O–H groups in total. The molecule has 1 saturated carbocycles. The zero-order chi connectivity index (χ0) is 9.03. The molecule has 1 aliphatic carbocycles. The summed E-state index contributed by atoms with van der Waals surface area (Å²) in [5.41, 5.74) is 1.18. The summed E-state index contributed by atoms with van der Waals surface area (Å²) in [6.45, 7) is 3.98. The molecule has 0 aromatic heterocycles. The second-order valence-corrected chi connectivity index (χ2v) is 3.61. The van der Waals surface area contributed by atoms with Gasteiger partial charge in [-0.2, -0.15) is 0 Å². The van der Waals surface area contributed by atoms with Gasteiger partial charge in [0.2, 0.25) is 0 Å². The summed E-state index contributed by atoms with van der Waals surface area (Å²) in [7, 11) is 0. The number of rotatable bonds is 4. The van der Waals surface area contributed by atoms with Crippen LogP contribution in [0.5, 0.6) is 0 Å². The molecule has 0 radical (unpaired) electrons. The van der Waals surface area contributed by atoms with Crippen molar-refractivity contribution in [2.45, 2.75) is 12.8 Å². The standard InChI is InChI=1S/C10H13BrO/c1-2-9(4-3-7-11)10(8-12)5-6-10/h2-4,7,12H,1,5-6,8H2/b7-3+,9-4+. The largest absolute Gasteiger partial charge is 0.395 e. The van der Waals surface area contributed by atoms with Gasteiger partial charge in [-0.05, 0) is 23.4 Å². The molecule has 0 heterocycles. The maximum atomic E-state index is 9.13. The van der Waals surface area contributed by atoms with Crippen LogP contribution in [0.25, 0.3) is 0 Å². The van der Waals surface area contributed by atoms with Gasteiger partial charge in [0.25, 0.3) is 0 Å². The number of aliphatic hydroxyl groups is 1. The average molecular weight is 229 g/mol. The summed E-state index contributed by atoms with van der Waals surface area (Å²) in [6.07, 6.45) is 7.89. The molecule has 66 valence electrons. The number of hydrogen-bond donors (Lipinski definition) is 1. The number of aliphatic hydroxyl groups excluding tert-OH is 1. The third kappa shape index (κ3) is 1.87. The van der Waals surface area contributed by atoms with Crippen molar-refractivity contribution in [3.8, 4) is 0 Å². The van der Waals surface area contributed by atoms with Gasteiger partial charge in [0.1, 0.15) is 0 Å². The Labute approximate surface area is 81.6 Å². The lowest BCUT2D eigenvalue weighted by Gasteiger charge is -2.11. The molecule has 12 heavy (non-hydrogen) atoms. The average Bonchev–Trinajstić information content (AvgIpc) is 2.87. The number of halogens is 1. The lowest BCUT2D eigenvalue weighted by Crippen LogP contribution is -2.07. The van der Waals surface area contributed by atoms with E-state index in [1.165, 1.54) is 0 Å². The van der Waals surface area contributed by atoms with Crippen molar-refractivity contribution in [3.63, 3.8) is 0 Å². The van der Waals surface area contributed by atoms with Crippen molar-refractivity contribution in [2.75, 3.05) is 6.61 Å². The predicted octanol–water partition coefficient (Wildman–Crippen LogP) is 2.78. The SMILES string of the molecule is C=C/C(=C\C=C\Br)C1(CO)CC1. The molecule has 0 amide bonds. The van der Waals surface area contributed by atoms with Crippen molar-refractivity contribution >= 4 is 15.9 Å². The topological polar surface area (TPSA) is 20.2 Å². The Bertz CT molecular complexity index is 224. The summed E-state index contributed by atoms with van der Waals surface area (Å²) in [6, 6.07) is 0. The first kappa shape index (κ1) is 9.75. The molecule has 0 unspecified atom stereocenters. The maximum absolute atomic E-state index is 9.13. The summed E-state index contributed by atoms with van der Waals surface area (Å²) < 4.78 is 0. The minimum absolute atomic E-state index is 0.0360. The van der Waals surface area contributed by atoms with Crippen LogP contribution in [0, 0.1) is 5.41 Å². The van der Waals surface area contributed by atoms with Gasteiger partial charge in [-0.25, -0.2) is 0 Å². The van der Waals surface area contributed by atoms with E-state index in [1.807, 2.05) is 18.2 Å². The van der Waals surface area contributed by atoms with Crippen LogP contribution in [0.4, 0.5) is 0 Å². The molecule has 0 aromatic carbocycles. The molecule has 0 saturated heterocycles. The van der Waals surface area contributed by atoms with Crippen LogP contribution in [0.1, 0.15) is 12.8 Å². The van der Waals surface area contributed by atoms with Gasteiger partial charge < -0.3 is 5.11 Å². The third-order valence-corrected chi connectivity index (χ3v) is 2.64. The van der Waals surface area contributed by atoms with Crippen molar-refractivity contribution < 1.29 is 5.11 Å². The van der Waals surface area contributed by atoms with Crippen LogP contribution in [0.2, 0.25) is 0 Å². The van der Waals surface area contributed by atoms with Crippen LogP contribution in [-0.2, 0) is 0 Å². The summed E-state index contributed by atoms with van der Waals surface area (Å²) in [5.74, 6) is 0. The van der Waals surface area contributed by atoms with E-state index in [9.17, 15) is 0 Å². The fourth-order valence-electron chi connectivity index (χ4n) is 1.29. The summed E-state index contributed by atoms with van der Waals surface area (Å²) >= 11 is 3.19. The monoisotopic (exact) mass is 228 g/mol. The minimum atomic E-state index is 0.0360. The van der Waals surface area contributed by atoms with Crippen LogP contribution >= 0.6 is 15.9 Å². The van der Waals surface area contributed by atoms with Gasteiger partial charge in [0.05, 0.1) is 6.61 Å². The van der Waals surface area contributed by atoms with E-state index in [-0.39, 0.29) is 12.0 Å². The zero-order valence-electron chi connectivity index (χ0n) is 6.96. The lowest BCUT2D eigenvalue weighted by molar-refractivity contribution is 0.237. The van der Waals surface area contributed by atoms with Crippen LogP contribution in [0.3, 0.4) is 0 Å². The molecule has 0 aliphatic heterocycles. The van der Waals surface area contributed by atoms with Gasteiger partial charge in [-0.1, -0.05) is 40.7 Å². The molecule has 1 rings (SSSR count). The fourth-order valence-corrected chi connectivity index (χ4v) is 1.44. The highest BCUT2D eigenvalue weighted by Crippen LogP contribution is 2.51. The Kier molecular flexibility index (Phi) is 3.29. The molecular formula is C10H13BrO. The molecule has 1 nitrogen and oxygen atoms in total. The predicted molar refractivity (Wildman–Crippen MR) is 55.1 cm³/mol. The second kappa shape index (κ2) is 4.06. The van der Waals surface area contributed by atoms with E-state index in [0.29, 0.717) is 0 Å². The first-order chi connectivity index (χ1) is 5.79. The molecule has 1 aliphatic rings. The van der Waals surface area contributed by atoms with Crippen molar-refractivity contribution in [1.82, 2.24) is 0 Å². The smallest absolute Gasteiger partial charge is 0.0527 e. The molecule has 0 bridgehead atoms. The van der Waals surface area contributed by atoms with Crippen molar-refractivity contribution in [3.05, 3.63) is 35.4 Å². The van der Waals surface area contributed by atoms with Gasteiger partial charge >= 0.3 is 0 Å². The van der Waals surface area contributed by atoms with E-state index in [0.717, 1.165) is 18.4 Å². The van der Waals surface area contributed by atoms with E-state index < -0.39 is 0 Å². The Balaban J connectivity index is 2.74. The maximum Gasteiger partial charge on any atom is 0.0527 e. The fraction of sp³-hybridized carbons (Fsp3) is 0.400. The van der Waals surface area contributed by atoms with Gasteiger partial charge in [-0.3, -0.25) is 0 Å². The molecule has 0 aromatic rings. The van der Waals surface area contributed by atoms with E-state index in [1.54, 1.807) is 4.99 Å². The summed E-state index contributed by atoms with van der Waals surface area (Å²) in [5, 5.41) is 9.13. The van der Waals surface area contributed by atoms with Gasteiger partial charge in [0, 0.05) is 5.41 Å². The molecular weight excluding hydrogens is 216 g/mol. The molecule has 0 spiro atoms. The Hall–Kier alpha value is -0.340. The quantitative estimate of drug-likeness (QED) is 0.735. The number of hydrogen-bond acceptors (Lipinski definition) is 1. The van der Waals surface area contributed by atoms with Gasteiger partial charge in [0.15, 0.2) is 0 Å². The lowest BCUT2D eigenvalue weighted by atomic mass is 9.96. The third-order valence-electron chi connectivity index (χ3n) is 2.34. The number of allylic oxidation sites excluding steroid dienone is 3. The van der Waals surface area contributed by atoms with Crippen LogP contribution in [-0.4, -0.2) is 11.7 Å². The molecule has 0 atom stereocenters. The van der Waals surface area contributed by atoms with E-state index >= 15 is 0 Å². The highest BCUT2D eigenvalue weighted by atomic mass is 79.9. The normalized spacial score (nSPS) is 21.3. The van der Waals surface area contributed by atoms with Crippen molar-refractivity contribution in [1.29, 1.82) is 0 Å². The van der Waals surface area contributed by atoms with E-state index in [2.05, 4.69) is 22.5 Å². The second-order valence-electron chi connectivity index (χ2n) is 3.08. The summed E-state index contributed by atoms with van der Waals surface area (Å²) in [4.78, 5) is 1.80. The van der Waals surface area contributed by atoms with Crippen LogP contribution < -0.4 is 0 Å². The van der Waals surface area contributed by atoms with Crippen molar-refractivity contribution in [2.24, 2.45) is 5.41 Å². The zero-order valence-corrected chi connectivity index (χ0v) is 8.55. The Morgan fingerprint density at radius 3 is 2.58 bits per heavy atom.